The van der Waals surface area contributed by atoms with Gasteiger partial charge in [-0.1, -0.05) is 64.7 Å². The van der Waals surface area contributed by atoms with Crippen molar-refractivity contribution >= 4 is 22.1 Å². The maximum absolute atomic E-state index is 9.43. The number of nitrogens with zero attached hydrogens (tertiary/aromatic N) is 5. The lowest BCUT2D eigenvalue weighted by Crippen LogP contribution is -1.90. The van der Waals surface area contributed by atoms with Gasteiger partial charge in [0.2, 0.25) is 0 Å². The van der Waals surface area contributed by atoms with E-state index in [2.05, 4.69) is 25.7 Å². The van der Waals surface area contributed by atoms with E-state index in [1.807, 2.05) is 66.7 Å². The number of hydrogen-bond acceptors (Lipinski definition) is 5. The summed E-state index contributed by atoms with van der Waals surface area (Å²) in [5.74, 6) is 0. The molecule has 7 nitrogen and oxygen atoms in total. The zero-order valence-electron chi connectivity index (χ0n) is 13.1. The van der Waals surface area contributed by atoms with Gasteiger partial charge in [-0.25, -0.2) is 0 Å². The van der Waals surface area contributed by atoms with E-state index in [1.165, 1.54) is 0 Å². The van der Waals surface area contributed by atoms with E-state index in [9.17, 15) is 5.21 Å². The van der Waals surface area contributed by atoms with Crippen LogP contribution < -0.4 is 0 Å². The average molecular weight is 330 g/mol. The molecule has 0 saturated heterocycles. The number of benzene rings is 3. The molecule has 7 heteroatoms. The molecule has 0 aliphatic carbocycles. The summed E-state index contributed by atoms with van der Waals surface area (Å²) in [5.41, 5.74) is 5.25. The minimum atomic E-state index is 0.612. The highest BCUT2D eigenvalue weighted by Gasteiger charge is 2.08. The van der Waals surface area contributed by atoms with E-state index in [4.69, 9.17) is 0 Å². The Labute approximate surface area is 142 Å². The fraction of sp³-hybridized carbons (Fsp3) is 0. The third kappa shape index (κ3) is 2.90. The second-order valence-electron chi connectivity index (χ2n) is 5.35. The molecule has 25 heavy (non-hydrogen) atoms. The highest BCUT2D eigenvalue weighted by atomic mass is 16.5. The highest BCUT2D eigenvalue weighted by molar-refractivity contribution is 5.91. The smallest absolute Gasteiger partial charge is 0.131 e. The molecule has 0 atom stereocenters. The van der Waals surface area contributed by atoms with Crippen LogP contribution in [0.4, 0.5) is 0 Å². The van der Waals surface area contributed by atoms with Crippen molar-refractivity contribution < 1.29 is 5.21 Å². The van der Waals surface area contributed by atoms with Gasteiger partial charge >= 0.3 is 0 Å². The van der Waals surface area contributed by atoms with Gasteiger partial charge < -0.3 is 5.21 Å². The molecule has 0 aliphatic rings. The third-order valence-corrected chi connectivity index (χ3v) is 3.78. The molecule has 2 heterocycles. The fourth-order valence-corrected chi connectivity index (χ4v) is 2.57. The molecule has 5 aromatic rings. The van der Waals surface area contributed by atoms with Crippen LogP contribution in [0.1, 0.15) is 0 Å². The van der Waals surface area contributed by atoms with Gasteiger partial charge in [-0.15, -0.1) is 10.2 Å². The molecule has 2 N–H and O–H groups in total. The summed E-state index contributed by atoms with van der Waals surface area (Å²) in [6, 6.07) is 23.3. The van der Waals surface area contributed by atoms with E-state index in [-0.39, 0.29) is 0 Å². The molecule has 3 aromatic carbocycles. The van der Waals surface area contributed by atoms with Gasteiger partial charge in [0.25, 0.3) is 0 Å². The van der Waals surface area contributed by atoms with E-state index >= 15 is 0 Å². The Morgan fingerprint density at radius 3 is 2.44 bits per heavy atom. The minimum Gasteiger partial charge on any atom is -0.410 e. The van der Waals surface area contributed by atoms with E-state index in [1.54, 1.807) is 6.07 Å². The van der Waals surface area contributed by atoms with Crippen LogP contribution >= 0.6 is 0 Å². The Morgan fingerprint density at radius 2 is 1.60 bits per heavy atom. The second kappa shape index (κ2) is 6.40. The summed E-state index contributed by atoms with van der Waals surface area (Å²) < 4.78 is 0. The van der Waals surface area contributed by atoms with Gasteiger partial charge in [-0.2, -0.15) is 0 Å². The van der Waals surface area contributed by atoms with Crippen molar-refractivity contribution in [3.63, 3.8) is 0 Å². The lowest BCUT2D eigenvalue weighted by molar-refractivity contribution is 0.155. The Morgan fingerprint density at radius 1 is 0.800 bits per heavy atom. The predicted molar refractivity (Wildman–Crippen MR) is 94.0 cm³/mol. The SMILES string of the molecule is On1nnc2c(-c3ccccc3)cccc21.c1ccc2[nH]nnc2c1. The topological polar surface area (TPSA) is 92.5 Å². The van der Waals surface area contributed by atoms with Crippen LogP contribution in [0.25, 0.3) is 33.2 Å². The molecule has 0 saturated carbocycles. The molecule has 0 unspecified atom stereocenters. The van der Waals surface area contributed by atoms with Gasteiger partial charge in [0, 0.05) is 5.56 Å². The Kier molecular flexibility index (Phi) is 3.80. The van der Waals surface area contributed by atoms with E-state index in [0.717, 1.165) is 27.0 Å². The predicted octanol–water partition coefficient (Wildman–Crippen LogP) is 3.29. The van der Waals surface area contributed by atoms with Gasteiger partial charge in [0.05, 0.1) is 5.52 Å². The minimum absolute atomic E-state index is 0.612. The van der Waals surface area contributed by atoms with Crippen molar-refractivity contribution in [1.82, 2.24) is 30.6 Å². The zero-order chi connectivity index (χ0) is 17.1. The van der Waals surface area contributed by atoms with Crippen molar-refractivity contribution in [1.29, 1.82) is 0 Å². The van der Waals surface area contributed by atoms with E-state index in [0.29, 0.717) is 11.0 Å². The second-order valence-corrected chi connectivity index (χ2v) is 5.35. The zero-order valence-corrected chi connectivity index (χ0v) is 13.1. The highest BCUT2D eigenvalue weighted by Crippen LogP contribution is 2.25. The van der Waals surface area contributed by atoms with Crippen molar-refractivity contribution in [3.05, 3.63) is 72.8 Å². The number of rotatable bonds is 1. The van der Waals surface area contributed by atoms with Gasteiger partial charge in [-0.05, 0) is 29.0 Å². The number of aromatic amines is 1. The molecule has 0 aliphatic heterocycles. The average Bonchev–Trinajstić information content (AvgIpc) is 3.30. The lowest BCUT2D eigenvalue weighted by atomic mass is 10.0. The van der Waals surface area contributed by atoms with Gasteiger partial charge in [0.15, 0.2) is 0 Å². The van der Waals surface area contributed by atoms with Crippen molar-refractivity contribution in [3.8, 4) is 11.1 Å². The number of nitrogens with one attached hydrogen (secondary N) is 1. The number of hydrogen-bond donors (Lipinski definition) is 2. The Hall–Kier alpha value is -3.74. The largest absolute Gasteiger partial charge is 0.410 e. The lowest BCUT2D eigenvalue weighted by Gasteiger charge is -2.01. The molecule has 122 valence electrons. The van der Waals surface area contributed by atoms with Crippen molar-refractivity contribution in [2.24, 2.45) is 0 Å². The summed E-state index contributed by atoms with van der Waals surface area (Å²) in [4.78, 5) is 0.793. The van der Waals surface area contributed by atoms with Crippen LogP contribution in [0.15, 0.2) is 72.8 Å². The summed E-state index contributed by atoms with van der Waals surface area (Å²) in [5, 5.41) is 27.2. The standard InChI is InChI=1S/C12H9N3O.C6H5N3/c16-15-11-8-4-7-10(12(11)13-14-15)9-5-2-1-3-6-9;1-2-4-6-5(3-1)7-9-8-6/h1-8,16H;1-4H,(H,7,8,9). The van der Waals surface area contributed by atoms with Crippen LogP contribution in [0.3, 0.4) is 0 Å². The van der Waals surface area contributed by atoms with Crippen molar-refractivity contribution in [2.75, 3.05) is 0 Å². The normalized spacial score (nSPS) is 10.6. The van der Waals surface area contributed by atoms with Gasteiger partial charge in [-0.3, -0.25) is 5.10 Å². The molecule has 2 aromatic heterocycles. The quantitative estimate of drug-likeness (QED) is 0.460. The summed E-state index contributed by atoms with van der Waals surface area (Å²) in [7, 11) is 0. The first kappa shape index (κ1) is 14.8. The van der Waals surface area contributed by atoms with Crippen molar-refractivity contribution in [2.45, 2.75) is 0 Å². The molecular weight excluding hydrogens is 316 g/mol. The van der Waals surface area contributed by atoms with Crippen LogP contribution in [0.5, 0.6) is 0 Å². The molecular formula is C18H14N6O. The van der Waals surface area contributed by atoms with Crippen LogP contribution in [0.2, 0.25) is 0 Å². The molecule has 5 rings (SSSR count). The van der Waals surface area contributed by atoms with Gasteiger partial charge in [0.1, 0.15) is 16.6 Å². The first-order chi connectivity index (χ1) is 12.3. The first-order valence-corrected chi connectivity index (χ1v) is 7.68. The van der Waals surface area contributed by atoms with Crippen LogP contribution in [-0.2, 0) is 0 Å². The first-order valence-electron chi connectivity index (χ1n) is 7.68. The Bertz CT molecular complexity index is 1090. The van der Waals surface area contributed by atoms with E-state index < -0.39 is 0 Å². The fourth-order valence-electron chi connectivity index (χ4n) is 2.57. The molecule has 0 bridgehead atoms. The molecule has 0 radical (unpaired) electrons. The summed E-state index contributed by atoms with van der Waals surface area (Å²) >= 11 is 0. The molecule has 0 amide bonds. The number of para-hydroxylation sites is 1. The Balaban J connectivity index is 0.000000147. The van der Waals surface area contributed by atoms with Crippen LogP contribution in [0, 0.1) is 0 Å². The number of H-pyrrole nitrogens is 1. The number of fused-ring (bicyclic) bond motifs is 2. The molecule has 0 spiro atoms. The summed E-state index contributed by atoms with van der Waals surface area (Å²) in [6.07, 6.45) is 0. The monoisotopic (exact) mass is 330 g/mol. The van der Waals surface area contributed by atoms with Crippen LogP contribution in [-0.4, -0.2) is 35.8 Å². The number of aromatic nitrogens is 6. The molecule has 0 fully saturated rings. The third-order valence-electron chi connectivity index (χ3n) is 3.78. The maximum atomic E-state index is 9.43. The summed E-state index contributed by atoms with van der Waals surface area (Å²) in [6.45, 7) is 0. The maximum Gasteiger partial charge on any atom is 0.131 e.